The van der Waals surface area contributed by atoms with Crippen LogP contribution in [0.1, 0.15) is 22.3 Å². The maximum Gasteiger partial charge on any atom is 0.323 e. The molecule has 206 valence electrons. The number of urea groups is 1. The SMILES string of the molecule is COCCCNC(=O)c1cc(NC(=O)Nc2ccc(SC)cc2)ccc1N1CCN(Cc2ccccc2)CC1. The summed E-state index contributed by atoms with van der Waals surface area (Å²) >= 11 is 1.64. The third-order valence-electron chi connectivity index (χ3n) is 6.62. The summed E-state index contributed by atoms with van der Waals surface area (Å²) in [4.78, 5) is 31.7. The molecule has 0 aliphatic carbocycles. The number of anilines is 3. The van der Waals surface area contributed by atoms with Crippen molar-refractivity contribution in [2.45, 2.75) is 17.9 Å². The summed E-state index contributed by atoms with van der Waals surface area (Å²) in [5.41, 5.74) is 3.98. The van der Waals surface area contributed by atoms with Gasteiger partial charge in [0.25, 0.3) is 5.91 Å². The van der Waals surface area contributed by atoms with E-state index in [0.29, 0.717) is 30.1 Å². The highest BCUT2D eigenvalue weighted by Gasteiger charge is 2.22. The number of carbonyl (C=O) groups excluding carboxylic acids is 2. The van der Waals surface area contributed by atoms with Gasteiger partial charge in [0, 0.05) is 74.9 Å². The van der Waals surface area contributed by atoms with Crippen LogP contribution in [0.2, 0.25) is 0 Å². The van der Waals surface area contributed by atoms with E-state index >= 15 is 0 Å². The molecule has 0 radical (unpaired) electrons. The molecule has 0 bridgehead atoms. The van der Waals surface area contributed by atoms with Gasteiger partial charge in [-0.2, -0.15) is 0 Å². The Bertz CT molecular complexity index is 1220. The van der Waals surface area contributed by atoms with Crippen molar-refractivity contribution in [1.29, 1.82) is 0 Å². The summed E-state index contributed by atoms with van der Waals surface area (Å²) in [6.45, 7) is 5.45. The van der Waals surface area contributed by atoms with Crippen molar-refractivity contribution >= 4 is 40.8 Å². The first-order valence-corrected chi connectivity index (χ1v) is 14.4. The molecular weight excluding hydrogens is 510 g/mol. The molecule has 0 aromatic heterocycles. The maximum absolute atomic E-state index is 13.2. The highest BCUT2D eigenvalue weighted by atomic mass is 32.2. The van der Waals surface area contributed by atoms with Crippen LogP contribution in [-0.4, -0.2) is 69.5 Å². The van der Waals surface area contributed by atoms with Crippen LogP contribution in [-0.2, 0) is 11.3 Å². The lowest BCUT2D eigenvalue weighted by atomic mass is 10.1. The standard InChI is InChI=1S/C30H37N5O3S/c1-38-20-6-15-31-29(36)27-21-25(33-30(37)32-24-9-12-26(39-2)13-10-24)11-14-28(27)35-18-16-34(17-19-35)22-23-7-4-3-5-8-23/h3-5,7-14,21H,6,15-20,22H2,1-2H3,(H,31,36)(H2,32,33,37). The molecule has 8 nitrogen and oxygen atoms in total. The Morgan fingerprint density at radius 1 is 0.897 bits per heavy atom. The normalized spacial score (nSPS) is 13.6. The second-order valence-electron chi connectivity index (χ2n) is 9.39. The van der Waals surface area contributed by atoms with Crippen LogP contribution in [0.4, 0.5) is 21.9 Å². The molecule has 0 atom stereocenters. The van der Waals surface area contributed by atoms with Gasteiger partial charge in [-0.1, -0.05) is 30.3 Å². The molecule has 0 unspecified atom stereocenters. The average Bonchev–Trinajstić information content (AvgIpc) is 2.96. The van der Waals surface area contributed by atoms with Gasteiger partial charge in [-0.15, -0.1) is 11.8 Å². The predicted molar refractivity (Wildman–Crippen MR) is 160 cm³/mol. The molecule has 3 N–H and O–H groups in total. The number of hydrogen-bond acceptors (Lipinski definition) is 6. The van der Waals surface area contributed by atoms with E-state index in [4.69, 9.17) is 4.74 Å². The molecular formula is C30H37N5O3S. The third kappa shape index (κ3) is 8.48. The number of hydrogen-bond donors (Lipinski definition) is 3. The fourth-order valence-electron chi connectivity index (χ4n) is 4.54. The van der Waals surface area contributed by atoms with Crippen LogP contribution < -0.4 is 20.9 Å². The lowest BCUT2D eigenvalue weighted by Crippen LogP contribution is -2.46. The van der Waals surface area contributed by atoms with Gasteiger partial charge in [-0.25, -0.2) is 4.79 Å². The summed E-state index contributed by atoms with van der Waals surface area (Å²) in [5.74, 6) is -0.162. The molecule has 39 heavy (non-hydrogen) atoms. The van der Waals surface area contributed by atoms with E-state index in [-0.39, 0.29) is 11.9 Å². The van der Waals surface area contributed by atoms with Gasteiger partial charge in [0.05, 0.1) is 5.56 Å². The molecule has 3 aromatic carbocycles. The molecule has 0 saturated carbocycles. The Hall–Kier alpha value is -3.53. The predicted octanol–water partition coefficient (Wildman–Crippen LogP) is 5.14. The fraction of sp³-hybridized carbons (Fsp3) is 0.333. The van der Waals surface area contributed by atoms with Crippen molar-refractivity contribution in [2.24, 2.45) is 0 Å². The average molecular weight is 548 g/mol. The number of benzene rings is 3. The van der Waals surface area contributed by atoms with E-state index in [0.717, 1.165) is 49.7 Å². The largest absolute Gasteiger partial charge is 0.385 e. The van der Waals surface area contributed by atoms with Crippen molar-refractivity contribution in [3.8, 4) is 0 Å². The van der Waals surface area contributed by atoms with Crippen LogP contribution in [0.5, 0.6) is 0 Å². The number of nitrogens with zero attached hydrogens (tertiary/aromatic N) is 2. The summed E-state index contributed by atoms with van der Waals surface area (Å²) in [5, 5.41) is 8.72. The molecule has 1 fully saturated rings. The molecule has 4 rings (SSSR count). The van der Waals surface area contributed by atoms with Crippen molar-refractivity contribution in [2.75, 3.05) is 68.2 Å². The van der Waals surface area contributed by atoms with Crippen molar-refractivity contribution in [3.05, 3.63) is 83.9 Å². The second-order valence-corrected chi connectivity index (χ2v) is 10.3. The molecule has 9 heteroatoms. The highest BCUT2D eigenvalue weighted by molar-refractivity contribution is 7.98. The Morgan fingerprint density at radius 3 is 2.28 bits per heavy atom. The molecule has 1 aliphatic heterocycles. The van der Waals surface area contributed by atoms with Gasteiger partial charge in [-0.3, -0.25) is 9.69 Å². The van der Waals surface area contributed by atoms with Gasteiger partial charge >= 0.3 is 6.03 Å². The Balaban J connectivity index is 1.44. The minimum atomic E-state index is -0.361. The third-order valence-corrected chi connectivity index (χ3v) is 7.36. The quantitative estimate of drug-likeness (QED) is 0.228. The number of rotatable bonds is 11. The van der Waals surface area contributed by atoms with Crippen LogP contribution in [0.15, 0.2) is 77.7 Å². The summed E-state index contributed by atoms with van der Waals surface area (Å²) in [6.07, 6.45) is 2.74. The van der Waals surface area contributed by atoms with E-state index in [1.807, 2.05) is 48.7 Å². The number of nitrogens with one attached hydrogen (secondary N) is 3. The number of ether oxygens (including phenoxy) is 1. The van der Waals surface area contributed by atoms with E-state index in [2.05, 4.69) is 50.0 Å². The minimum Gasteiger partial charge on any atom is -0.385 e. The molecule has 1 heterocycles. The zero-order valence-corrected chi connectivity index (χ0v) is 23.4. The Labute approximate surface area is 235 Å². The monoisotopic (exact) mass is 547 g/mol. The number of thioether (sulfide) groups is 1. The van der Waals surface area contributed by atoms with Crippen LogP contribution in [0, 0.1) is 0 Å². The first kappa shape index (κ1) is 28.5. The summed E-state index contributed by atoms with van der Waals surface area (Å²) in [6, 6.07) is 23.3. The Morgan fingerprint density at radius 2 is 1.59 bits per heavy atom. The first-order valence-electron chi connectivity index (χ1n) is 13.2. The zero-order chi connectivity index (χ0) is 27.5. The van der Waals surface area contributed by atoms with Crippen molar-refractivity contribution < 1.29 is 14.3 Å². The van der Waals surface area contributed by atoms with Crippen molar-refractivity contribution in [3.63, 3.8) is 0 Å². The molecule has 1 aliphatic rings. The highest BCUT2D eigenvalue weighted by Crippen LogP contribution is 2.26. The van der Waals surface area contributed by atoms with Crippen LogP contribution in [0.3, 0.4) is 0 Å². The van der Waals surface area contributed by atoms with E-state index in [1.165, 1.54) is 5.56 Å². The lowest BCUT2D eigenvalue weighted by molar-refractivity contribution is 0.0949. The zero-order valence-electron chi connectivity index (χ0n) is 22.6. The topological polar surface area (TPSA) is 85.9 Å². The molecule has 3 amide bonds. The second kappa shape index (κ2) is 14.6. The number of amides is 3. The smallest absolute Gasteiger partial charge is 0.323 e. The summed E-state index contributed by atoms with van der Waals surface area (Å²) < 4.78 is 5.11. The number of methoxy groups -OCH3 is 1. The summed E-state index contributed by atoms with van der Waals surface area (Å²) in [7, 11) is 1.65. The molecule has 1 saturated heterocycles. The lowest BCUT2D eigenvalue weighted by Gasteiger charge is -2.37. The maximum atomic E-state index is 13.2. The van der Waals surface area contributed by atoms with Crippen LogP contribution >= 0.6 is 11.8 Å². The Kier molecular flexibility index (Phi) is 10.6. The number of carbonyl (C=O) groups is 2. The fourth-order valence-corrected chi connectivity index (χ4v) is 4.95. The van der Waals surface area contributed by atoms with Gasteiger partial charge in [-0.05, 0) is 60.7 Å². The van der Waals surface area contributed by atoms with Gasteiger partial charge in [0.1, 0.15) is 0 Å². The molecule has 3 aromatic rings. The number of piperazine rings is 1. The van der Waals surface area contributed by atoms with E-state index in [9.17, 15) is 9.59 Å². The van der Waals surface area contributed by atoms with Crippen molar-refractivity contribution in [1.82, 2.24) is 10.2 Å². The van der Waals surface area contributed by atoms with E-state index < -0.39 is 0 Å². The first-order chi connectivity index (χ1) is 19.1. The van der Waals surface area contributed by atoms with Gasteiger partial charge in [0.15, 0.2) is 0 Å². The van der Waals surface area contributed by atoms with E-state index in [1.54, 1.807) is 24.9 Å². The van der Waals surface area contributed by atoms with Gasteiger partial charge < -0.3 is 25.6 Å². The van der Waals surface area contributed by atoms with Crippen LogP contribution in [0.25, 0.3) is 0 Å². The molecule has 0 spiro atoms. The minimum absolute atomic E-state index is 0.162. The van der Waals surface area contributed by atoms with Gasteiger partial charge in [0.2, 0.25) is 0 Å².